The van der Waals surface area contributed by atoms with Gasteiger partial charge in [-0.3, -0.25) is 0 Å². The van der Waals surface area contributed by atoms with Gasteiger partial charge in [0.2, 0.25) is 0 Å². The molecule has 0 saturated carbocycles. The van der Waals surface area contributed by atoms with E-state index in [2.05, 4.69) is 15.6 Å². The molecule has 1 atom stereocenters. The number of carbonyl (C=O) groups excluding carboxylic acids is 1. The van der Waals surface area contributed by atoms with Gasteiger partial charge < -0.3 is 24.5 Å². The van der Waals surface area contributed by atoms with Crippen molar-refractivity contribution < 1.29 is 14.3 Å². The van der Waals surface area contributed by atoms with Crippen LogP contribution in [0.2, 0.25) is 0 Å². The van der Waals surface area contributed by atoms with E-state index in [9.17, 15) is 4.79 Å². The summed E-state index contributed by atoms with van der Waals surface area (Å²) in [7, 11) is 3.21. The van der Waals surface area contributed by atoms with E-state index in [1.54, 1.807) is 14.2 Å². The summed E-state index contributed by atoms with van der Waals surface area (Å²) in [6, 6.07) is 10.9. The third kappa shape index (κ3) is 4.49. The molecule has 0 spiro atoms. The number of benzene rings is 1. The topological polar surface area (TPSA) is 76.9 Å². The van der Waals surface area contributed by atoms with Crippen molar-refractivity contribution in [3.8, 4) is 11.5 Å². The summed E-state index contributed by atoms with van der Waals surface area (Å²) in [5.41, 5.74) is 2.69. The van der Waals surface area contributed by atoms with Crippen LogP contribution in [0.5, 0.6) is 11.5 Å². The van der Waals surface area contributed by atoms with E-state index in [1.807, 2.05) is 60.1 Å². The van der Waals surface area contributed by atoms with Gasteiger partial charge in [-0.25, -0.2) is 9.78 Å². The minimum Gasteiger partial charge on any atom is -0.497 e. The molecule has 2 aromatic heterocycles. The molecule has 3 aromatic rings. The molecule has 1 aromatic carbocycles. The van der Waals surface area contributed by atoms with Gasteiger partial charge in [-0.15, -0.1) is 0 Å². The van der Waals surface area contributed by atoms with Crippen LogP contribution in [0.3, 0.4) is 0 Å². The molecule has 0 bridgehead atoms. The fourth-order valence-electron chi connectivity index (χ4n) is 2.91. The second kappa shape index (κ2) is 8.44. The minimum absolute atomic E-state index is 0.231. The van der Waals surface area contributed by atoms with Crippen LogP contribution in [-0.2, 0) is 6.42 Å². The number of hydrogen-bond acceptors (Lipinski definition) is 4. The number of imidazole rings is 1. The number of nitrogens with zero attached hydrogens (tertiary/aromatic N) is 2. The van der Waals surface area contributed by atoms with Gasteiger partial charge in [-0.05, 0) is 37.3 Å². The normalized spacial score (nSPS) is 11.8. The Bertz CT molecular complexity index is 889. The SMILES string of the molecule is COc1ccc(OC)c(C(C)NC(=O)NCCc2cn3ccccc3n2)c1. The molecule has 0 aliphatic rings. The monoisotopic (exact) mass is 368 g/mol. The van der Waals surface area contributed by atoms with Crippen molar-refractivity contribution in [2.45, 2.75) is 19.4 Å². The zero-order valence-corrected chi connectivity index (χ0v) is 15.7. The number of amides is 2. The Kier molecular flexibility index (Phi) is 5.80. The van der Waals surface area contributed by atoms with E-state index in [0.717, 1.165) is 16.9 Å². The average Bonchev–Trinajstić information content (AvgIpc) is 3.10. The first-order valence-electron chi connectivity index (χ1n) is 8.79. The molecule has 7 heteroatoms. The molecule has 2 N–H and O–H groups in total. The van der Waals surface area contributed by atoms with E-state index in [1.165, 1.54) is 0 Å². The molecule has 0 fully saturated rings. The van der Waals surface area contributed by atoms with Crippen molar-refractivity contribution in [2.75, 3.05) is 20.8 Å². The predicted molar refractivity (Wildman–Crippen MR) is 103 cm³/mol. The van der Waals surface area contributed by atoms with Gasteiger partial charge in [-0.2, -0.15) is 0 Å². The number of rotatable bonds is 7. The average molecular weight is 368 g/mol. The Morgan fingerprint density at radius 1 is 1.22 bits per heavy atom. The van der Waals surface area contributed by atoms with Crippen molar-refractivity contribution >= 4 is 11.7 Å². The highest BCUT2D eigenvalue weighted by Crippen LogP contribution is 2.29. The Hall–Kier alpha value is -3.22. The predicted octanol–water partition coefficient (Wildman–Crippen LogP) is 2.95. The van der Waals surface area contributed by atoms with Gasteiger partial charge in [-0.1, -0.05) is 6.07 Å². The van der Waals surface area contributed by atoms with E-state index in [4.69, 9.17) is 9.47 Å². The maximum absolute atomic E-state index is 12.2. The number of carbonyl (C=O) groups is 1. The summed E-state index contributed by atoms with van der Waals surface area (Å²) in [6.45, 7) is 2.40. The fourth-order valence-corrected chi connectivity index (χ4v) is 2.91. The molecule has 0 saturated heterocycles. The van der Waals surface area contributed by atoms with Gasteiger partial charge in [0, 0.05) is 30.9 Å². The van der Waals surface area contributed by atoms with Crippen molar-refractivity contribution in [1.82, 2.24) is 20.0 Å². The number of pyridine rings is 1. The highest BCUT2D eigenvalue weighted by atomic mass is 16.5. The lowest BCUT2D eigenvalue weighted by atomic mass is 10.1. The zero-order chi connectivity index (χ0) is 19.2. The standard InChI is InChI=1S/C20H24N4O3/c1-14(17-12-16(26-2)7-8-18(17)27-3)22-20(25)21-10-9-15-13-24-11-5-4-6-19(24)23-15/h4-8,11-14H,9-10H2,1-3H3,(H2,21,22,25). The number of hydrogen-bond donors (Lipinski definition) is 2. The molecule has 27 heavy (non-hydrogen) atoms. The molecule has 142 valence electrons. The molecule has 0 aliphatic heterocycles. The maximum Gasteiger partial charge on any atom is 0.315 e. The van der Waals surface area contributed by atoms with Crippen LogP contribution >= 0.6 is 0 Å². The number of aromatic nitrogens is 2. The molecule has 0 aliphatic carbocycles. The van der Waals surface area contributed by atoms with Gasteiger partial charge in [0.25, 0.3) is 0 Å². The first-order chi connectivity index (χ1) is 13.1. The Balaban J connectivity index is 1.54. The van der Waals surface area contributed by atoms with Crippen LogP contribution < -0.4 is 20.1 Å². The highest BCUT2D eigenvalue weighted by molar-refractivity contribution is 5.74. The smallest absolute Gasteiger partial charge is 0.315 e. The molecule has 7 nitrogen and oxygen atoms in total. The quantitative estimate of drug-likeness (QED) is 0.672. The van der Waals surface area contributed by atoms with E-state index in [-0.39, 0.29) is 12.1 Å². The van der Waals surface area contributed by atoms with E-state index >= 15 is 0 Å². The molecule has 1 unspecified atom stereocenters. The highest BCUT2D eigenvalue weighted by Gasteiger charge is 2.15. The van der Waals surface area contributed by atoms with E-state index in [0.29, 0.717) is 24.5 Å². The molecular weight excluding hydrogens is 344 g/mol. The largest absolute Gasteiger partial charge is 0.497 e. The lowest BCUT2D eigenvalue weighted by molar-refractivity contribution is 0.237. The number of methoxy groups -OCH3 is 2. The Labute approximate surface area is 158 Å². The van der Waals surface area contributed by atoms with Crippen molar-refractivity contribution in [3.63, 3.8) is 0 Å². The summed E-state index contributed by atoms with van der Waals surface area (Å²) in [5.74, 6) is 1.42. The second-order valence-electron chi connectivity index (χ2n) is 6.18. The number of urea groups is 1. The number of fused-ring (bicyclic) bond motifs is 1. The summed E-state index contributed by atoms with van der Waals surface area (Å²) in [4.78, 5) is 16.7. The Morgan fingerprint density at radius 2 is 2.07 bits per heavy atom. The van der Waals surface area contributed by atoms with Gasteiger partial charge in [0.05, 0.1) is 26.0 Å². The second-order valence-corrected chi connectivity index (χ2v) is 6.18. The fraction of sp³-hybridized carbons (Fsp3) is 0.300. The van der Waals surface area contributed by atoms with Crippen LogP contribution in [0.15, 0.2) is 48.8 Å². The van der Waals surface area contributed by atoms with Crippen LogP contribution in [0.4, 0.5) is 4.79 Å². The first-order valence-corrected chi connectivity index (χ1v) is 8.79. The third-order valence-electron chi connectivity index (χ3n) is 4.33. The van der Waals surface area contributed by atoms with Gasteiger partial charge in [0.15, 0.2) is 0 Å². The summed E-state index contributed by atoms with van der Waals surface area (Å²) in [6.07, 6.45) is 4.58. The molecule has 3 rings (SSSR count). The number of nitrogens with one attached hydrogen (secondary N) is 2. The maximum atomic E-state index is 12.2. The van der Waals surface area contributed by atoms with Crippen molar-refractivity contribution in [1.29, 1.82) is 0 Å². The molecule has 2 amide bonds. The van der Waals surface area contributed by atoms with Gasteiger partial charge >= 0.3 is 6.03 Å². The van der Waals surface area contributed by atoms with E-state index < -0.39 is 0 Å². The molecular formula is C20H24N4O3. The lowest BCUT2D eigenvalue weighted by Crippen LogP contribution is -2.38. The zero-order valence-electron chi connectivity index (χ0n) is 15.7. The van der Waals surface area contributed by atoms with Crippen molar-refractivity contribution in [2.24, 2.45) is 0 Å². The van der Waals surface area contributed by atoms with Gasteiger partial charge in [0.1, 0.15) is 17.1 Å². The van der Waals surface area contributed by atoms with Crippen LogP contribution in [0, 0.1) is 0 Å². The van der Waals surface area contributed by atoms with Crippen LogP contribution in [-0.4, -0.2) is 36.2 Å². The van der Waals surface area contributed by atoms with Crippen molar-refractivity contribution in [3.05, 3.63) is 60.0 Å². The summed E-state index contributed by atoms with van der Waals surface area (Å²) < 4.78 is 12.6. The first kappa shape index (κ1) is 18.6. The lowest BCUT2D eigenvalue weighted by Gasteiger charge is -2.18. The Morgan fingerprint density at radius 3 is 2.81 bits per heavy atom. The number of ether oxygens (including phenoxy) is 2. The van der Waals surface area contributed by atoms with Crippen LogP contribution in [0.25, 0.3) is 5.65 Å². The summed E-state index contributed by atoms with van der Waals surface area (Å²) in [5, 5.41) is 5.79. The minimum atomic E-state index is -0.240. The molecule has 0 radical (unpaired) electrons. The van der Waals surface area contributed by atoms with Crippen LogP contribution in [0.1, 0.15) is 24.2 Å². The molecule has 2 heterocycles. The third-order valence-corrected chi connectivity index (χ3v) is 4.33. The summed E-state index contributed by atoms with van der Waals surface area (Å²) >= 11 is 0.